The largest absolute Gasteiger partial charge is 0.324 e. The fraction of sp³-hybridized carbons (Fsp3) is 0.190. The van der Waals surface area contributed by atoms with Gasteiger partial charge in [0, 0.05) is 11.1 Å². The van der Waals surface area contributed by atoms with Crippen molar-refractivity contribution in [2.45, 2.75) is 13.3 Å². The summed E-state index contributed by atoms with van der Waals surface area (Å²) in [6, 6.07) is 20.5. The maximum atomic E-state index is 12.6. The Bertz CT molecular complexity index is 1050. The third-order valence-electron chi connectivity index (χ3n) is 4.38. The van der Waals surface area contributed by atoms with Gasteiger partial charge in [0.1, 0.15) is 6.54 Å². The lowest BCUT2D eigenvalue weighted by atomic mass is 10.1. The molecule has 6 heteroatoms. The summed E-state index contributed by atoms with van der Waals surface area (Å²) in [6.07, 6.45) is 1.96. The van der Waals surface area contributed by atoms with Gasteiger partial charge in [-0.2, -0.15) is 0 Å². The Morgan fingerprint density at radius 3 is 2.30 bits per heavy atom. The standard InChI is InChI=1S/C21H22N2O3S/c1-3-16-11-13-18(14-12-16)23(27(2,25)26)15-21(24)22-20-10-6-8-17-7-4-5-9-19(17)20/h4-14H,3,15H2,1-2H3,(H,22,24). The number of nitrogens with one attached hydrogen (secondary N) is 1. The van der Waals surface area contributed by atoms with E-state index in [0.717, 1.165) is 33.3 Å². The maximum Gasteiger partial charge on any atom is 0.245 e. The molecule has 0 saturated heterocycles. The monoisotopic (exact) mass is 382 g/mol. The summed E-state index contributed by atoms with van der Waals surface area (Å²) in [5.41, 5.74) is 2.24. The molecule has 3 rings (SSSR count). The van der Waals surface area contributed by atoms with Crippen LogP contribution in [0.15, 0.2) is 66.7 Å². The van der Waals surface area contributed by atoms with Crippen molar-refractivity contribution >= 4 is 38.1 Å². The van der Waals surface area contributed by atoms with Crippen LogP contribution in [0.2, 0.25) is 0 Å². The number of carbonyl (C=O) groups excluding carboxylic acids is 1. The molecule has 0 aliphatic carbocycles. The molecule has 0 aliphatic rings. The third kappa shape index (κ3) is 4.46. The lowest BCUT2D eigenvalue weighted by molar-refractivity contribution is -0.114. The minimum Gasteiger partial charge on any atom is -0.324 e. The highest BCUT2D eigenvalue weighted by molar-refractivity contribution is 7.92. The predicted molar refractivity (Wildman–Crippen MR) is 111 cm³/mol. The summed E-state index contributed by atoms with van der Waals surface area (Å²) in [7, 11) is -3.59. The fourth-order valence-corrected chi connectivity index (χ4v) is 3.81. The lowest BCUT2D eigenvalue weighted by Crippen LogP contribution is -2.37. The zero-order valence-electron chi connectivity index (χ0n) is 15.3. The molecule has 0 spiro atoms. The molecule has 0 heterocycles. The van der Waals surface area contributed by atoms with Gasteiger partial charge in [0.2, 0.25) is 15.9 Å². The molecule has 0 atom stereocenters. The first kappa shape index (κ1) is 18.9. The minimum atomic E-state index is -3.59. The van der Waals surface area contributed by atoms with Crippen LogP contribution in [0, 0.1) is 0 Å². The van der Waals surface area contributed by atoms with Crippen molar-refractivity contribution in [2.24, 2.45) is 0 Å². The Morgan fingerprint density at radius 2 is 1.63 bits per heavy atom. The molecule has 0 unspecified atom stereocenters. The normalized spacial score (nSPS) is 11.3. The number of aryl methyl sites for hydroxylation is 1. The molecule has 1 amide bonds. The maximum absolute atomic E-state index is 12.6. The highest BCUT2D eigenvalue weighted by atomic mass is 32.2. The van der Waals surface area contributed by atoms with Crippen LogP contribution < -0.4 is 9.62 Å². The van der Waals surface area contributed by atoms with E-state index in [1.165, 1.54) is 0 Å². The third-order valence-corrected chi connectivity index (χ3v) is 5.52. The van der Waals surface area contributed by atoms with Crippen LogP contribution in [0.3, 0.4) is 0 Å². The molecule has 0 aromatic heterocycles. The number of hydrogen-bond donors (Lipinski definition) is 1. The van der Waals surface area contributed by atoms with Crippen LogP contribution in [0.25, 0.3) is 10.8 Å². The Morgan fingerprint density at radius 1 is 0.963 bits per heavy atom. The second-order valence-electron chi connectivity index (χ2n) is 6.36. The van der Waals surface area contributed by atoms with Crippen molar-refractivity contribution in [3.05, 3.63) is 72.3 Å². The van der Waals surface area contributed by atoms with E-state index in [-0.39, 0.29) is 6.54 Å². The van der Waals surface area contributed by atoms with Crippen molar-refractivity contribution in [2.75, 3.05) is 22.4 Å². The number of fused-ring (bicyclic) bond motifs is 1. The van der Waals surface area contributed by atoms with Gasteiger partial charge in [-0.05, 0) is 35.6 Å². The number of benzene rings is 3. The van der Waals surface area contributed by atoms with Crippen molar-refractivity contribution in [3.63, 3.8) is 0 Å². The van der Waals surface area contributed by atoms with Crippen molar-refractivity contribution in [1.82, 2.24) is 0 Å². The molecule has 0 bridgehead atoms. The van der Waals surface area contributed by atoms with E-state index in [4.69, 9.17) is 0 Å². The second kappa shape index (κ2) is 7.80. The smallest absolute Gasteiger partial charge is 0.245 e. The van der Waals surface area contributed by atoms with Crippen LogP contribution in [-0.2, 0) is 21.2 Å². The summed E-state index contributed by atoms with van der Waals surface area (Å²) in [6.45, 7) is 1.74. The molecule has 140 valence electrons. The number of sulfonamides is 1. The molecule has 27 heavy (non-hydrogen) atoms. The molecule has 5 nitrogen and oxygen atoms in total. The van der Waals surface area contributed by atoms with Gasteiger partial charge in [-0.1, -0.05) is 55.5 Å². The first-order valence-corrected chi connectivity index (χ1v) is 10.6. The van der Waals surface area contributed by atoms with Crippen LogP contribution in [-0.4, -0.2) is 27.1 Å². The molecule has 3 aromatic rings. The molecule has 1 N–H and O–H groups in total. The Kier molecular flexibility index (Phi) is 5.46. The zero-order chi connectivity index (χ0) is 19.4. The fourth-order valence-electron chi connectivity index (χ4n) is 2.95. The highest BCUT2D eigenvalue weighted by Gasteiger charge is 2.21. The number of carbonyl (C=O) groups is 1. The molecular weight excluding hydrogens is 360 g/mol. The average molecular weight is 382 g/mol. The van der Waals surface area contributed by atoms with E-state index < -0.39 is 15.9 Å². The summed E-state index contributed by atoms with van der Waals surface area (Å²) < 4.78 is 25.6. The van der Waals surface area contributed by atoms with Crippen LogP contribution in [0.5, 0.6) is 0 Å². The summed E-state index contributed by atoms with van der Waals surface area (Å²) in [5, 5.41) is 4.75. The quantitative estimate of drug-likeness (QED) is 0.705. The van der Waals surface area contributed by atoms with E-state index >= 15 is 0 Å². The number of anilines is 2. The van der Waals surface area contributed by atoms with Gasteiger partial charge in [-0.3, -0.25) is 9.10 Å². The van der Waals surface area contributed by atoms with Crippen LogP contribution >= 0.6 is 0 Å². The number of nitrogens with zero attached hydrogens (tertiary/aromatic N) is 1. The number of hydrogen-bond acceptors (Lipinski definition) is 3. The number of amides is 1. The lowest BCUT2D eigenvalue weighted by Gasteiger charge is -2.22. The molecule has 0 aliphatic heterocycles. The SMILES string of the molecule is CCc1ccc(N(CC(=O)Nc2cccc3ccccc23)S(C)(=O)=O)cc1. The van der Waals surface area contributed by atoms with Crippen molar-refractivity contribution in [1.29, 1.82) is 0 Å². The first-order valence-electron chi connectivity index (χ1n) is 8.73. The molecular formula is C21H22N2O3S. The number of rotatable bonds is 6. The van der Waals surface area contributed by atoms with Crippen molar-refractivity contribution < 1.29 is 13.2 Å². The van der Waals surface area contributed by atoms with Crippen LogP contribution in [0.1, 0.15) is 12.5 Å². The van der Waals surface area contributed by atoms with E-state index in [9.17, 15) is 13.2 Å². The van der Waals surface area contributed by atoms with Gasteiger partial charge in [-0.15, -0.1) is 0 Å². The Balaban J connectivity index is 1.84. The zero-order valence-corrected chi connectivity index (χ0v) is 16.2. The Labute approximate surface area is 159 Å². The van der Waals surface area contributed by atoms with Crippen molar-refractivity contribution in [3.8, 4) is 0 Å². The summed E-state index contributed by atoms with van der Waals surface area (Å²) >= 11 is 0. The van der Waals surface area contributed by atoms with Gasteiger partial charge >= 0.3 is 0 Å². The predicted octanol–water partition coefficient (Wildman–Crippen LogP) is 3.81. The Hall–Kier alpha value is -2.86. The summed E-state index contributed by atoms with van der Waals surface area (Å²) in [4.78, 5) is 12.6. The topological polar surface area (TPSA) is 66.5 Å². The molecule has 0 fully saturated rings. The first-order chi connectivity index (χ1) is 12.9. The highest BCUT2D eigenvalue weighted by Crippen LogP contribution is 2.23. The second-order valence-corrected chi connectivity index (χ2v) is 8.27. The van der Waals surface area contributed by atoms with E-state index in [1.807, 2.05) is 55.5 Å². The van der Waals surface area contributed by atoms with Gasteiger partial charge in [0.25, 0.3) is 0 Å². The minimum absolute atomic E-state index is 0.284. The van der Waals surface area contributed by atoms with Gasteiger partial charge in [0.05, 0.1) is 11.9 Å². The van der Waals surface area contributed by atoms with E-state index in [0.29, 0.717) is 11.4 Å². The van der Waals surface area contributed by atoms with E-state index in [1.54, 1.807) is 18.2 Å². The molecule has 0 saturated carbocycles. The van der Waals surface area contributed by atoms with E-state index in [2.05, 4.69) is 5.32 Å². The van der Waals surface area contributed by atoms with Gasteiger partial charge < -0.3 is 5.32 Å². The molecule has 3 aromatic carbocycles. The summed E-state index contributed by atoms with van der Waals surface area (Å²) in [5.74, 6) is -0.392. The van der Waals surface area contributed by atoms with Crippen LogP contribution in [0.4, 0.5) is 11.4 Å². The van der Waals surface area contributed by atoms with Gasteiger partial charge in [-0.25, -0.2) is 8.42 Å². The molecule has 0 radical (unpaired) electrons. The van der Waals surface area contributed by atoms with Gasteiger partial charge in [0.15, 0.2) is 0 Å². The average Bonchev–Trinajstić information content (AvgIpc) is 2.66.